The highest BCUT2D eigenvalue weighted by molar-refractivity contribution is 9.10. The maximum Gasteiger partial charge on any atom is 0.416 e. The van der Waals surface area contributed by atoms with E-state index in [4.69, 9.17) is 27.9 Å². The van der Waals surface area contributed by atoms with Crippen LogP contribution in [0.1, 0.15) is 54.6 Å². The quantitative estimate of drug-likeness (QED) is 0.405. The van der Waals surface area contributed by atoms with Crippen LogP contribution in [0.2, 0.25) is 10.0 Å². The number of nitrogens with zero attached hydrogens (tertiary/aromatic N) is 1. The van der Waals surface area contributed by atoms with Crippen LogP contribution in [0, 0.1) is 0 Å². The number of ether oxygens (including phenoxy) is 1. The van der Waals surface area contributed by atoms with Gasteiger partial charge in [-0.15, -0.1) is 0 Å². The Bertz CT molecular complexity index is 1120. The number of halogens is 6. The fourth-order valence-electron chi connectivity index (χ4n) is 3.83. The first kappa shape index (κ1) is 27.6. The Balaban J connectivity index is 1.88. The second-order valence-electron chi connectivity index (χ2n) is 9.30. The zero-order chi connectivity index (χ0) is 26.1. The number of carbonyl (C=O) groups is 2. The molecule has 1 N–H and O–H groups in total. The van der Waals surface area contributed by atoms with Crippen molar-refractivity contribution in [3.8, 4) is 0 Å². The summed E-state index contributed by atoms with van der Waals surface area (Å²) in [6.07, 6.45) is -4.73. The van der Waals surface area contributed by atoms with Crippen molar-refractivity contribution < 1.29 is 27.5 Å². The second kappa shape index (κ2) is 10.6. The number of hydrogen-bond donors (Lipinski definition) is 1. The van der Waals surface area contributed by atoms with Crippen molar-refractivity contribution >= 4 is 51.1 Å². The van der Waals surface area contributed by atoms with Crippen LogP contribution in [-0.2, 0) is 10.9 Å². The first-order valence-electron chi connectivity index (χ1n) is 10.8. The third-order valence-electron chi connectivity index (χ3n) is 5.44. The predicted molar refractivity (Wildman–Crippen MR) is 132 cm³/mol. The van der Waals surface area contributed by atoms with Gasteiger partial charge in [0.05, 0.1) is 15.6 Å². The maximum atomic E-state index is 13.2. The predicted octanol–water partition coefficient (Wildman–Crippen LogP) is 7.30. The lowest BCUT2D eigenvalue weighted by Crippen LogP contribution is -2.52. The second-order valence-corrected chi connectivity index (χ2v) is 11.0. The van der Waals surface area contributed by atoms with E-state index >= 15 is 0 Å². The summed E-state index contributed by atoms with van der Waals surface area (Å²) < 4.78 is 45.3. The summed E-state index contributed by atoms with van der Waals surface area (Å²) in [6, 6.07) is 7.60. The van der Waals surface area contributed by atoms with Crippen LogP contribution in [0.15, 0.2) is 40.9 Å². The van der Waals surface area contributed by atoms with Gasteiger partial charge in [-0.25, -0.2) is 4.79 Å². The fourth-order valence-corrected chi connectivity index (χ4v) is 4.63. The highest BCUT2D eigenvalue weighted by Crippen LogP contribution is 2.34. The number of hydrogen-bond acceptors (Lipinski definition) is 3. The van der Waals surface area contributed by atoms with E-state index in [1.54, 1.807) is 43.9 Å². The monoisotopic (exact) mass is 594 g/mol. The number of amides is 2. The van der Waals surface area contributed by atoms with Gasteiger partial charge in [0.2, 0.25) is 0 Å². The van der Waals surface area contributed by atoms with E-state index in [9.17, 15) is 22.8 Å². The zero-order valence-electron chi connectivity index (χ0n) is 19.2. The molecule has 1 saturated heterocycles. The molecule has 0 saturated carbocycles. The van der Waals surface area contributed by atoms with E-state index in [1.807, 2.05) is 0 Å². The van der Waals surface area contributed by atoms with Gasteiger partial charge < -0.3 is 15.0 Å². The summed E-state index contributed by atoms with van der Waals surface area (Å²) in [4.78, 5) is 27.2. The van der Waals surface area contributed by atoms with Crippen molar-refractivity contribution in [1.29, 1.82) is 0 Å². The van der Waals surface area contributed by atoms with Crippen LogP contribution in [0.25, 0.3) is 0 Å². The molecule has 0 spiro atoms. The van der Waals surface area contributed by atoms with Gasteiger partial charge in [-0.05, 0) is 63.1 Å². The molecule has 0 aliphatic carbocycles. The Labute approximate surface area is 220 Å². The largest absolute Gasteiger partial charge is 0.444 e. The number of nitrogens with one attached hydrogen (secondary N) is 1. The van der Waals surface area contributed by atoms with Gasteiger partial charge in [0.1, 0.15) is 5.60 Å². The van der Waals surface area contributed by atoms with E-state index in [1.165, 1.54) is 6.07 Å². The highest BCUT2D eigenvalue weighted by Gasteiger charge is 2.36. The highest BCUT2D eigenvalue weighted by atomic mass is 79.9. The summed E-state index contributed by atoms with van der Waals surface area (Å²) in [6.45, 7) is 5.80. The minimum absolute atomic E-state index is 0.130. The lowest BCUT2D eigenvalue weighted by atomic mass is 9.85. The Morgan fingerprint density at radius 1 is 1.09 bits per heavy atom. The fraction of sp³-hybridized carbons (Fsp3) is 0.417. The topological polar surface area (TPSA) is 58.6 Å². The minimum Gasteiger partial charge on any atom is -0.444 e. The SMILES string of the molecule is CC(C)(C)OC(=O)N1CCC(NC(=O)c2cc(Br)cc(C(F)(F)F)c2)C(c2ccc(Cl)c(Cl)c2)C1. The lowest BCUT2D eigenvalue weighted by molar-refractivity contribution is -0.137. The smallest absolute Gasteiger partial charge is 0.416 e. The van der Waals surface area contributed by atoms with Crippen LogP contribution < -0.4 is 5.32 Å². The molecule has 2 atom stereocenters. The molecule has 5 nitrogen and oxygen atoms in total. The van der Waals surface area contributed by atoms with E-state index in [0.29, 0.717) is 23.0 Å². The van der Waals surface area contributed by atoms with E-state index in [0.717, 1.165) is 17.7 Å². The molecule has 2 aromatic carbocycles. The summed E-state index contributed by atoms with van der Waals surface area (Å²) in [5.74, 6) is -1.05. The van der Waals surface area contributed by atoms with Crippen molar-refractivity contribution in [1.82, 2.24) is 10.2 Å². The summed E-state index contributed by atoms with van der Waals surface area (Å²) >= 11 is 15.3. The Hall–Kier alpha value is -1.97. The molecule has 3 rings (SSSR count). The van der Waals surface area contributed by atoms with E-state index in [-0.39, 0.29) is 16.6 Å². The first-order valence-corrected chi connectivity index (χ1v) is 12.3. The molecular weight excluding hydrogens is 572 g/mol. The Morgan fingerprint density at radius 2 is 1.77 bits per heavy atom. The van der Waals surface area contributed by atoms with Gasteiger partial charge in [0.15, 0.2) is 0 Å². The van der Waals surface area contributed by atoms with Crippen molar-refractivity contribution in [2.75, 3.05) is 13.1 Å². The molecule has 0 radical (unpaired) electrons. The number of rotatable bonds is 3. The molecule has 0 bridgehead atoms. The van der Waals surface area contributed by atoms with Crippen LogP contribution >= 0.6 is 39.1 Å². The normalized spacial score (nSPS) is 18.8. The number of benzene rings is 2. The summed E-state index contributed by atoms with van der Waals surface area (Å²) in [7, 11) is 0. The third-order valence-corrected chi connectivity index (χ3v) is 6.64. The van der Waals surface area contributed by atoms with E-state index < -0.39 is 41.3 Å². The molecule has 11 heteroatoms. The van der Waals surface area contributed by atoms with Crippen LogP contribution in [0.3, 0.4) is 0 Å². The van der Waals surface area contributed by atoms with Gasteiger partial charge in [0, 0.05) is 35.1 Å². The molecule has 2 amide bonds. The molecule has 190 valence electrons. The number of carbonyl (C=O) groups excluding carboxylic acids is 2. The molecule has 1 fully saturated rings. The van der Waals surface area contributed by atoms with Gasteiger partial charge in [-0.1, -0.05) is 45.2 Å². The number of piperidine rings is 1. The van der Waals surface area contributed by atoms with Gasteiger partial charge in [0.25, 0.3) is 5.91 Å². The lowest BCUT2D eigenvalue weighted by Gasteiger charge is -2.39. The van der Waals surface area contributed by atoms with E-state index in [2.05, 4.69) is 21.2 Å². The maximum absolute atomic E-state index is 13.2. The Kier molecular flexibility index (Phi) is 8.34. The summed E-state index contributed by atoms with van der Waals surface area (Å²) in [5.41, 5.74) is -1.02. The third kappa shape index (κ3) is 7.27. The van der Waals surface area contributed by atoms with Crippen molar-refractivity contribution in [3.63, 3.8) is 0 Å². The van der Waals surface area contributed by atoms with Crippen LogP contribution in [0.4, 0.5) is 18.0 Å². The molecule has 2 unspecified atom stereocenters. The standard InChI is InChI=1S/C24H24BrCl2F3N2O3/c1-23(2,3)35-22(34)32-7-6-20(17(12-32)13-4-5-18(26)19(27)10-13)31-21(33)14-8-15(24(28,29)30)11-16(25)9-14/h4-5,8-11,17,20H,6-7,12H2,1-3H3,(H,31,33). The molecule has 35 heavy (non-hydrogen) atoms. The van der Waals surface area contributed by atoms with Crippen molar-refractivity contribution in [3.05, 3.63) is 67.6 Å². The van der Waals surface area contributed by atoms with Crippen LogP contribution in [0.5, 0.6) is 0 Å². The average molecular weight is 596 g/mol. The van der Waals surface area contributed by atoms with Crippen molar-refractivity contribution in [2.45, 2.75) is 50.9 Å². The molecule has 1 heterocycles. The van der Waals surface area contributed by atoms with Gasteiger partial charge >= 0.3 is 12.3 Å². The Morgan fingerprint density at radius 3 is 2.37 bits per heavy atom. The minimum atomic E-state index is -4.60. The molecule has 1 aliphatic rings. The molecule has 2 aromatic rings. The van der Waals surface area contributed by atoms with Crippen LogP contribution in [-0.4, -0.2) is 41.6 Å². The first-order chi connectivity index (χ1) is 16.1. The zero-order valence-corrected chi connectivity index (χ0v) is 22.3. The average Bonchev–Trinajstić information content (AvgIpc) is 2.73. The number of likely N-dealkylation sites (tertiary alicyclic amines) is 1. The van der Waals surface area contributed by atoms with Gasteiger partial charge in [-0.2, -0.15) is 13.2 Å². The van der Waals surface area contributed by atoms with Crippen molar-refractivity contribution in [2.24, 2.45) is 0 Å². The number of alkyl halides is 3. The van der Waals surface area contributed by atoms with Gasteiger partial charge in [-0.3, -0.25) is 4.79 Å². The molecule has 1 aliphatic heterocycles. The molecule has 0 aromatic heterocycles. The molecular formula is C24H24BrCl2F3N2O3. The summed E-state index contributed by atoms with van der Waals surface area (Å²) in [5, 5.41) is 3.51.